The second-order valence-electron chi connectivity index (χ2n) is 5.63. The number of nitrogens with one attached hydrogen (secondary N) is 1. The molecule has 10 nitrogen and oxygen atoms in total. The van der Waals surface area contributed by atoms with Crippen molar-refractivity contribution in [3.63, 3.8) is 0 Å². The summed E-state index contributed by atoms with van der Waals surface area (Å²) in [5.74, 6) is -0.194. The zero-order valence-corrected chi connectivity index (χ0v) is 14.6. The van der Waals surface area contributed by atoms with Crippen LogP contribution in [0.4, 0.5) is 5.69 Å². The van der Waals surface area contributed by atoms with Crippen LogP contribution in [-0.4, -0.2) is 30.4 Å². The molecule has 3 rings (SSSR count). The van der Waals surface area contributed by atoms with Crippen molar-refractivity contribution in [1.82, 2.24) is 24.9 Å². The molecule has 10 heteroatoms. The van der Waals surface area contributed by atoms with E-state index in [0.717, 1.165) is 12.1 Å². The van der Waals surface area contributed by atoms with Crippen molar-refractivity contribution >= 4 is 11.6 Å². The molecule has 0 aliphatic heterocycles. The van der Waals surface area contributed by atoms with Gasteiger partial charge in [0.15, 0.2) is 12.5 Å². The molecule has 0 fully saturated rings. The number of nitrogens with zero attached hydrogens (tertiary/aromatic N) is 5. The van der Waals surface area contributed by atoms with Gasteiger partial charge in [-0.1, -0.05) is 12.1 Å². The van der Waals surface area contributed by atoms with Crippen molar-refractivity contribution in [2.45, 2.75) is 26.7 Å². The predicted molar refractivity (Wildman–Crippen MR) is 95.0 cm³/mol. The number of nitro groups is 1. The monoisotopic (exact) mass is 370 g/mol. The van der Waals surface area contributed by atoms with Crippen LogP contribution in [0.3, 0.4) is 0 Å². The fraction of sp³-hybridized carbons (Fsp3) is 0.235. The van der Waals surface area contributed by atoms with Gasteiger partial charge in [-0.05, 0) is 19.1 Å². The van der Waals surface area contributed by atoms with E-state index in [9.17, 15) is 14.9 Å². The maximum absolute atomic E-state index is 12.2. The van der Waals surface area contributed by atoms with E-state index >= 15 is 0 Å². The minimum Gasteiger partial charge on any atom is -0.464 e. The SMILES string of the molecule is CCn1cc(CNC(=O)c2ccn(COc3ccccc3[N+](=O)[O-])n2)cn1. The summed E-state index contributed by atoms with van der Waals surface area (Å²) in [5.41, 5.74) is 0.989. The standard InChI is InChI=1S/C17H18N6O4/c1-2-21-11-13(10-19-21)9-18-17(24)14-7-8-22(20-14)12-27-16-6-4-3-5-15(16)23(25)26/h3-8,10-11H,2,9,12H2,1H3,(H,18,24). The smallest absolute Gasteiger partial charge is 0.311 e. The molecule has 2 heterocycles. The lowest BCUT2D eigenvalue weighted by atomic mass is 10.3. The summed E-state index contributed by atoms with van der Waals surface area (Å²) >= 11 is 0. The molecule has 0 unspecified atom stereocenters. The van der Waals surface area contributed by atoms with Crippen LogP contribution in [0, 0.1) is 10.1 Å². The Bertz CT molecular complexity index is 948. The van der Waals surface area contributed by atoms with Crippen molar-refractivity contribution < 1.29 is 14.5 Å². The van der Waals surface area contributed by atoms with E-state index in [1.54, 1.807) is 35.3 Å². The van der Waals surface area contributed by atoms with Gasteiger partial charge in [0.2, 0.25) is 0 Å². The van der Waals surface area contributed by atoms with E-state index in [1.165, 1.54) is 16.8 Å². The number of benzene rings is 1. The van der Waals surface area contributed by atoms with E-state index in [-0.39, 0.29) is 29.8 Å². The van der Waals surface area contributed by atoms with Crippen molar-refractivity contribution in [1.29, 1.82) is 0 Å². The molecule has 0 saturated carbocycles. The van der Waals surface area contributed by atoms with E-state index in [1.807, 2.05) is 13.1 Å². The molecule has 27 heavy (non-hydrogen) atoms. The highest BCUT2D eigenvalue weighted by Crippen LogP contribution is 2.25. The number of carbonyl (C=O) groups excluding carboxylic acids is 1. The average Bonchev–Trinajstić information content (AvgIpc) is 3.34. The Hall–Kier alpha value is -3.69. The minimum atomic E-state index is -0.516. The summed E-state index contributed by atoms with van der Waals surface area (Å²) in [6.45, 7) is 3.03. The van der Waals surface area contributed by atoms with E-state index in [0.29, 0.717) is 6.54 Å². The Morgan fingerprint density at radius 1 is 1.30 bits per heavy atom. The summed E-state index contributed by atoms with van der Waals surface area (Å²) in [4.78, 5) is 22.6. The quantitative estimate of drug-likeness (QED) is 0.478. The molecule has 0 aliphatic carbocycles. The minimum absolute atomic E-state index is 0.0542. The van der Waals surface area contributed by atoms with Gasteiger partial charge < -0.3 is 10.1 Å². The molecule has 3 aromatic rings. The molecule has 1 N–H and O–H groups in total. The number of aryl methyl sites for hydroxylation is 1. The number of nitro benzene ring substituents is 1. The molecule has 0 radical (unpaired) electrons. The third-order valence-electron chi connectivity index (χ3n) is 3.75. The fourth-order valence-electron chi connectivity index (χ4n) is 2.36. The Morgan fingerprint density at radius 3 is 2.85 bits per heavy atom. The lowest BCUT2D eigenvalue weighted by Crippen LogP contribution is -2.23. The highest BCUT2D eigenvalue weighted by Gasteiger charge is 2.14. The molecule has 2 aromatic heterocycles. The van der Waals surface area contributed by atoms with Gasteiger partial charge in [-0.25, -0.2) is 4.68 Å². The lowest BCUT2D eigenvalue weighted by molar-refractivity contribution is -0.386. The van der Waals surface area contributed by atoms with Gasteiger partial charge in [0.05, 0.1) is 11.1 Å². The number of aromatic nitrogens is 4. The van der Waals surface area contributed by atoms with Crippen molar-refractivity contribution in [2.75, 3.05) is 0 Å². The maximum Gasteiger partial charge on any atom is 0.311 e. The summed E-state index contributed by atoms with van der Waals surface area (Å²) in [6, 6.07) is 7.62. The normalized spacial score (nSPS) is 10.6. The molecule has 140 valence electrons. The van der Waals surface area contributed by atoms with E-state index in [2.05, 4.69) is 15.5 Å². The van der Waals surface area contributed by atoms with Gasteiger partial charge in [0.1, 0.15) is 5.69 Å². The van der Waals surface area contributed by atoms with Crippen molar-refractivity contribution in [3.05, 3.63) is 70.3 Å². The first-order valence-electron chi connectivity index (χ1n) is 8.26. The molecular formula is C17H18N6O4. The number of amides is 1. The number of hydrogen-bond donors (Lipinski definition) is 1. The van der Waals surface area contributed by atoms with E-state index in [4.69, 9.17) is 4.74 Å². The van der Waals surface area contributed by atoms with Gasteiger partial charge in [-0.15, -0.1) is 0 Å². The maximum atomic E-state index is 12.2. The first-order valence-corrected chi connectivity index (χ1v) is 8.26. The Kier molecular flexibility index (Phi) is 5.45. The molecule has 0 aliphatic rings. The molecule has 0 spiro atoms. The van der Waals surface area contributed by atoms with Gasteiger partial charge in [0, 0.05) is 37.1 Å². The van der Waals surface area contributed by atoms with Gasteiger partial charge >= 0.3 is 5.69 Å². The first-order chi connectivity index (χ1) is 13.1. The Balaban J connectivity index is 1.56. The zero-order valence-electron chi connectivity index (χ0n) is 14.6. The number of rotatable bonds is 8. The van der Waals surface area contributed by atoms with Crippen LogP contribution in [0.15, 0.2) is 48.9 Å². The molecule has 1 aromatic carbocycles. The largest absolute Gasteiger partial charge is 0.464 e. The molecule has 1 amide bonds. The summed E-state index contributed by atoms with van der Waals surface area (Å²) in [6.07, 6.45) is 5.13. The van der Waals surface area contributed by atoms with Crippen LogP contribution in [0.1, 0.15) is 23.0 Å². The van der Waals surface area contributed by atoms with Crippen molar-refractivity contribution in [2.24, 2.45) is 0 Å². The van der Waals surface area contributed by atoms with Crippen LogP contribution in [-0.2, 0) is 19.8 Å². The number of para-hydroxylation sites is 2. The summed E-state index contributed by atoms with van der Waals surface area (Å²) in [7, 11) is 0. The average molecular weight is 370 g/mol. The molecule has 0 atom stereocenters. The van der Waals surface area contributed by atoms with Crippen LogP contribution >= 0.6 is 0 Å². The highest BCUT2D eigenvalue weighted by molar-refractivity contribution is 5.92. The lowest BCUT2D eigenvalue weighted by Gasteiger charge is -2.06. The van der Waals surface area contributed by atoms with Gasteiger partial charge in [-0.2, -0.15) is 10.2 Å². The van der Waals surface area contributed by atoms with Crippen LogP contribution < -0.4 is 10.1 Å². The zero-order chi connectivity index (χ0) is 19.2. The summed E-state index contributed by atoms with van der Waals surface area (Å²) in [5, 5.41) is 22.0. The fourth-order valence-corrected chi connectivity index (χ4v) is 2.36. The molecule has 0 bridgehead atoms. The topological polar surface area (TPSA) is 117 Å². The molecular weight excluding hydrogens is 352 g/mol. The summed E-state index contributed by atoms with van der Waals surface area (Å²) < 4.78 is 8.60. The second-order valence-corrected chi connectivity index (χ2v) is 5.63. The highest BCUT2D eigenvalue weighted by atomic mass is 16.6. The van der Waals surface area contributed by atoms with E-state index < -0.39 is 4.92 Å². The van der Waals surface area contributed by atoms with Crippen LogP contribution in [0.25, 0.3) is 0 Å². The Labute approximate surface area is 154 Å². The number of ether oxygens (including phenoxy) is 1. The third kappa shape index (κ3) is 4.48. The first kappa shape index (κ1) is 18.1. The van der Waals surface area contributed by atoms with Gasteiger partial charge in [-0.3, -0.25) is 19.6 Å². The van der Waals surface area contributed by atoms with Gasteiger partial charge in [0.25, 0.3) is 5.91 Å². The second kappa shape index (κ2) is 8.13. The van der Waals surface area contributed by atoms with Crippen LogP contribution in [0.2, 0.25) is 0 Å². The number of hydrogen-bond acceptors (Lipinski definition) is 6. The predicted octanol–water partition coefficient (Wildman–Crippen LogP) is 1.97. The third-order valence-corrected chi connectivity index (χ3v) is 3.75. The molecule has 0 saturated heterocycles. The number of carbonyl (C=O) groups is 1. The van der Waals surface area contributed by atoms with Crippen LogP contribution in [0.5, 0.6) is 5.75 Å². The van der Waals surface area contributed by atoms with Crippen molar-refractivity contribution in [3.8, 4) is 5.75 Å². The Morgan fingerprint density at radius 2 is 2.11 bits per heavy atom.